The number of fused-ring (bicyclic) bond motifs is 2. The number of halogens is 1. The average Bonchev–Trinajstić information content (AvgIpc) is 2.96. The van der Waals surface area contributed by atoms with Gasteiger partial charge in [-0.1, -0.05) is 11.6 Å². The minimum atomic E-state index is -0.213. The minimum absolute atomic E-state index is 0.0354. The highest BCUT2D eigenvalue weighted by Crippen LogP contribution is 2.36. The van der Waals surface area contributed by atoms with Gasteiger partial charge in [0.15, 0.2) is 0 Å². The maximum atomic E-state index is 12.2. The van der Waals surface area contributed by atoms with Crippen molar-refractivity contribution < 1.29 is 9.53 Å². The Morgan fingerprint density at radius 1 is 1.42 bits per heavy atom. The van der Waals surface area contributed by atoms with Crippen LogP contribution in [0.2, 0.25) is 5.02 Å². The van der Waals surface area contributed by atoms with Crippen molar-refractivity contribution in [2.75, 3.05) is 13.7 Å². The molecule has 0 saturated heterocycles. The van der Waals surface area contributed by atoms with Gasteiger partial charge in [-0.05, 0) is 13.0 Å². The Labute approximate surface area is 142 Å². The standard InChI is InChI=1S/C16H14ClN5O2/c1-8-6-20-16(23)15-13(17)14(21-22(8)15)9-3-4-18-11-7-19-12(24-2)5-10(9)11/h3-5,7-8H,6H2,1-2H3,(H,20,23)/t8-/m1/s1. The first-order chi connectivity index (χ1) is 11.6. The summed E-state index contributed by atoms with van der Waals surface area (Å²) >= 11 is 6.50. The van der Waals surface area contributed by atoms with E-state index < -0.39 is 0 Å². The summed E-state index contributed by atoms with van der Waals surface area (Å²) in [6.07, 6.45) is 3.31. The highest BCUT2D eigenvalue weighted by molar-refractivity contribution is 6.36. The smallest absolute Gasteiger partial charge is 0.271 e. The Bertz CT molecular complexity index is 969. The molecule has 8 heteroatoms. The van der Waals surface area contributed by atoms with E-state index in [4.69, 9.17) is 16.3 Å². The van der Waals surface area contributed by atoms with Crippen molar-refractivity contribution in [3.05, 3.63) is 35.2 Å². The molecule has 0 saturated carbocycles. The summed E-state index contributed by atoms with van der Waals surface area (Å²) in [6, 6.07) is 3.65. The number of ether oxygens (including phenoxy) is 1. The number of carbonyl (C=O) groups excluding carboxylic acids is 1. The normalized spacial score (nSPS) is 16.8. The average molecular weight is 344 g/mol. The summed E-state index contributed by atoms with van der Waals surface area (Å²) in [5, 5.41) is 8.57. The topological polar surface area (TPSA) is 81.9 Å². The Kier molecular flexibility index (Phi) is 3.38. The molecule has 24 heavy (non-hydrogen) atoms. The number of nitrogens with zero attached hydrogens (tertiary/aromatic N) is 4. The second kappa shape index (κ2) is 5.45. The van der Waals surface area contributed by atoms with Gasteiger partial charge >= 0.3 is 0 Å². The fourth-order valence-electron chi connectivity index (χ4n) is 2.87. The third kappa shape index (κ3) is 2.12. The second-order valence-electron chi connectivity index (χ2n) is 5.62. The van der Waals surface area contributed by atoms with Crippen LogP contribution in [0.1, 0.15) is 23.5 Å². The molecule has 1 atom stereocenters. The number of amides is 1. The SMILES string of the molecule is COc1cc2c(-c3nn4c(c3Cl)C(=O)NC[C@H]4C)ccnc2cn1. The van der Waals surface area contributed by atoms with Crippen LogP contribution in [0.3, 0.4) is 0 Å². The van der Waals surface area contributed by atoms with E-state index in [1.54, 1.807) is 30.3 Å². The van der Waals surface area contributed by atoms with E-state index >= 15 is 0 Å². The molecule has 4 rings (SSSR count). The molecule has 0 unspecified atom stereocenters. The molecular weight excluding hydrogens is 330 g/mol. The fraction of sp³-hybridized carbons (Fsp3) is 0.250. The number of hydrogen-bond donors (Lipinski definition) is 1. The zero-order chi connectivity index (χ0) is 16.8. The van der Waals surface area contributed by atoms with Crippen LogP contribution in [0.25, 0.3) is 22.2 Å². The Morgan fingerprint density at radius 3 is 3.00 bits per heavy atom. The van der Waals surface area contributed by atoms with Crippen LogP contribution in [-0.2, 0) is 0 Å². The minimum Gasteiger partial charge on any atom is -0.481 e. The van der Waals surface area contributed by atoms with Crippen molar-refractivity contribution in [3.63, 3.8) is 0 Å². The summed E-state index contributed by atoms with van der Waals surface area (Å²) in [5.74, 6) is 0.261. The predicted octanol–water partition coefficient (Wildman–Crippen LogP) is 2.46. The van der Waals surface area contributed by atoms with E-state index in [9.17, 15) is 4.79 Å². The first-order valence-corrected chi connectivity index (χ1v) is 7.83. The molecule has 1 N–H and O–H groups in total. The summed E-state index contributed by atoms with van der Waals surface area (Å²) in [6.45, 7) is 2.51. The van der Waals surface area contributed by atoms with Gasteiger partial charge in [0.2, 0.25) is 5.88 Å². The molecule has 0 radical (unpaired) electrons. The lowest BCUT2D eigenvalue weighted by atomic mass is 10.1. The Hall–Kier alpha value is -2.67. The molecule has 1 aliphatic rings. The molecular formula is C16H14ClN5O2. The number of nitrogens with one attached hydrogen (secondary N) is 1. The van der Waals surface area contributed by atoms with E-state index in [1.165, 1.54) is 0 Å². The van der Waals surface area contributed by atoms with Crippen molar-refractivity contribution in [1.82, 2.24) is 25.1 Å². The van der Waals surface area contributed by atoms with E-state index in [-0.39, 0.29) is 11.9 Å². The lowest BCUT2D eigenvalue weighted by molar-refractivity contribution is 0.0913. The number of hydrogen-bond acceptors (Lipinski definition) is 5. The lowest BCUT2D eigenvalue weighted by Crippen LogP contribution is -2.38. The van der Waals surface area contributed by atoms with Crippen molar-refractivity contribution in [2.45, 2.75) is 13.0 Å². The van der Waals surface area contributed by atoms with Gasteiger partial charge in [-0.25, -0.2) is 4.98 Å². The van der Waals surface area contributed by atoms with Gasteiger partial charge in [0.05, 0.1) is 29.9 Å². The molecule has 4 heterocycles. The lowest BCUT2D eigenvalue weighted by Gasteiger charge is -2.21. The maximum absolute atomic E-state index is 12.2. The highest BCUT2D eigenvalue weighted by Gasteiger charge is 2.30. The third-order valence-electron chi connectivity index (χ3n) is 4.11. The van der Waals surface area contributed by atoms with E-state index in [1.807, 2.05) is 13.0 Å². The summed E-state index contributed by atoms with van der Waals surface area (Å²) in [4.78, 5) is 20.6. The van der Waals surface area contributed by atoms with Crippen LogP contribution < -0.4 is 10.1 Å². The van der Waals surface area contributed by atoms with E-state index in [0.29, 0.717) is 34.4 Å². The molecule has 0 aromatic carbocycles. The van der Waals surface area contributed by atoms with E-state index in [0.717, 1.165) is 10.9 Å². The molecule has 122 valence electrons. The Morgan fingerprint density at radius 2 is 2.25 bits per heavy atom. The molecule has 3 aromatic heterocycles. The molecule has 0 spiro atoms. The van der Waals surface area contributed by atoms with Gasteiger partial charge in [-0.15, -0.1) is 0 Å². The number of aromatic nitrogens is 4. The molecule has 0 fully saturated rings. The summed E-state index contributed by atoms with van der Waals surface area (Å²) < 4.78 is 6.88. The zero-order valence-corrected chi connectivity index (χ0v) is 13.8. The molecule has 0 aliphatic carbocycles. The van der Waals surface area contributed by atoms with Gasteiger partial charge in [-0.2, -0.15) is 5.10 Å². The van der Waals surface area contributed by atoms with Crippen molar-refractivity contribution in [2.24, 2.45) is 0 Å². The van der Waals surface area contributed by atoms with Crippen LogP contribution in [0.15, 0.2) is 24.5 Å². The zero-order valence-electron chi connectivity index (χ0n) is 13.1. The van der Waals surface area contributed by atoms with Crippen molar-refractivity contribution in [1.29, 1.82) is 0 Å². The Balaban J connectivity index is 1.99. The van der Waals surface area contributed by atoms with Crippen molar-refractivity contribution in [3.8, 4) is 17.1 Å². The fourth-order valence-corrected chi connectivity index (χ4v) is 3.18. The monoisotopic (exact) mass is 343 g/mol. The number of carbonyl (C=O) groups is 1. The van der Waals surface area contributed by atoms with Gasteiger partial charge in [0.25, 0.3) is 5.91 Å². The first kappa shape index (κ1) is 14.9. The summed E-state index contributed by atoms with van der Waals surface area (Å²) in [5.41, 5.74) is 2.42. The third-order valence-corrected chi connectivity index (χ3v) is 4.47. The van der Waals surface area contributed by atoms with Crippen LogP contribution >= 0.6 is 11.6 Å². The molecule has 1 amide bonds. The van der Waals surface area contributed by atoms with Gasteiger partial charge in [-0.3, -0.25) is 14.5 Å². The largest absolute Gasteiger partial charge is 0.481 e. The first-order valence-electron chi connectivity index (χ1n) is 7.45. The number of pyridine rings is 2. The predicted molar refractivity (Wildman–Crippen MR) is 89.4 cm³/mol. The van der Waals surface area contributed by atoms with Crippen LogP contribution in [0.5, 0.6) is 5.88 Å². The molecule has 3 aromatic rings. The second-order valence-corrected chi connectivity index (χ2v) is 6.00. The molecule has 7 nitrogen and oxygen atoms in total. The molecule has 0 bridgehead atoms. The quantitative estimate of drug-likeness (QED) is 0.773. The van der Waals surface area contributed by atoms with Gasteiger partial charge < -0.3 is 10.1 Å². The van der Waals surface area contributed by atoms with E-state index in [2.05, 4.69) is 20.4 Å². The highest BCUT2D eigenvalue weighted by atomic mass is 35.5. The van der Waals surface area contributed by atoms with Crippen LogP contribution in [0.4, 0.5) is 0 Å². The van der Waals surface area contributed by atoms with Gasteiger partial charge in [0.1, 0.15) is 11.4 Å². The van der Waals surface area contributed by atoms with Crippen LogP contribution in [-0.4, -0.2) is 39.3 Å². The van der Waals surface area contributed by atoms with Crippen LogP contribution in [0, 0.1) is 0 Å². The number of methoxy groups -OCH3 is 1. The molecule has 1 aliphatic heterocycles. The van der Waals surface area contributed by atoms with Crippen molar-refractivity contribution >= 4 is 28.4 Å². The van der Waals surface area contributed by atoms with Gasteiger partial charge in [0, 0.05) is 29.8 Å². The summed E-state index contributed by atoms with van der Waals surface area (Å²) in [7, 11) is 1.55. The maximum Gasteiger partial charge on any atom is 0.271 e. The number of rotatable bonds is 2.